The van der Waals surface area contributed by atoms with E-state index in [0.29, 0.717) is 16.9 Å². The number of benzene rings is 1. The molecule has 1 N–H and O–H groups in total. The molecule has 6 nitrogen and oxygen atoms in total. The van der Waals surface area contributed by atoms with Crippen LogP contribution in [0.1, 0.15) is 63.5 Å². The summed E-state index contributed by atoms with van der Waals surface area (Å²) in [6.45, 7) is 4.07. The van der Waals surface area contributed by atoms with Crippen molar-refractivity contribution in [3.05, 3.63) is 59.0 Å². The minimum Gasteiger partial charge on any atom is -0.467 e. The molecule has 0 bridgehead atoms. The van der Waals surface area contributed by atoms with Crippen LogP contribution in [0, 0.1) is 0 Å². The molecule has 2 heterocycles. The molecular weight excluding hydrogens is 320 g/mol. The molecule has 1 atom stereocenters. The average molecular weight is 340 g/mol. The van der Waals surface area contributed by atoms with Crippen LogP contribution in [0.3, 0.4) is 0 Å². The molecule has 130 valence electrons. The summed E-state index contributed by atoms with van der Waals surface area (Å²) in [6, 6.07) is 8.07. The van der Waals surface area contributed by atoms with Crippen LogP contribution < -0.4 is 5.32 Å². The van der Waals surface area contributed by atoms with E-state index in [9.17, 15) is 14.4 Å². The second-order valence-electron chi connectivity index (χ2n) is 6.20. The third-order valence-corrected chi connectivity index (χ3v) is 4.23. The van der Waals surface area contributed by atoms with Gasteiger partial charge in [0.05, 0.1) is 23.9 Å². The SMILES string of the molecule is CCCC(C)NC(=O)c1ccc2c(c1)C(=O)N(Cc1ccco1)C2=O. The molecule has 0 saturated heterocycles. The zero-order chi connectivity index (χ0) is 18.0. The van der Waals surface area contributed by atoms with Crippen LogP contribution in [0.2, 0.25) is 0 Å². The van der Waals surface area contributed by atoms with E-state index in [0.717, 1.165) is 17.7 Å². The van der Waals surface area contributed by atoms with Gasteiger partial charge in [0.2, 0.25) is 0 Å². The molecule has 25 heavy (non-hydrogen) atoms. The molecule has 3 amide bonds. The van der Waals surface area contributed by atoms with Crippen molar-refractivity contribution in [2.45, 2.75) is 39.3 Å². The van der Waals surface area contributed by atoms with Crippen molar-refractivity contribution in [1.82, 2.24) is 10.2 Å². The number of fused-ring (bicyclic) bond motifs is 1. The van der Waals surface area contributed by atoms with E-state index < -0.39 is 5.91 Å². The number of nitrogens with one attached hydrogen (secondary N) is 1. The molecule has 0 aliphatic carbocycles. The third-order valence-electron chi connectivity index (χ3n) is 4.23. The molecule has 3 rings (SSSR count). The van der Waals surface area contributed by atoms with Crippen molar-refractivity contribution in [1.29, 1.82) is 0 Å². The molecular formula is C19H20N2O4. The quantitative estimate of drug-likeness (QED) is 0.820. The molecule has 1 aliphatic heterocycles. The lowest BCUT2D eigenvalue weighted by atomic mass is 10.0. The Morgan fingerprint density at radius 2 is 1.96 bits per heavy atom. The first kappa shape index (κ1) is 17.0. The molecule has 1 aliphatic rings. The highest BCUT2D eigenvalue weighted by Crippen LogP contribution is 2.25. The second kappa shape index (κ2) is 6.93. The zero-order valence-electron chi connectivity index (χ0n) is 14.2. The number of furan rings is 1. The van der Waals surface area contributed by atoms with E-state index in [1.54, 1.807) is 18.2 Å². The summed E-state index contributed by atoms with van der Waals surface area (Å²) >= 11 is 0. The Morgan fingerprint density at radius 3 is 2.64 bits per heavy atom. The van der Waals surface area contributed by atoms with Gasteiger partial charge in [0.1, 0.15) is 5.76 Å². The Kier molecular flexibility index (Phi) is 4.70. The van der Waals surface area contributed by atoms with Crippen LogP contribution in [0.15, 0.2) is 41.0 Å². The smallest absolute Gasteiger partial charge is 0.261 e. The highest BCUT2D eigenvalue weighted by Gasteiger charge is 2.36. The van der Waals surface area contributed by atoms with Crippen molar-refractivity contribution in [2.24, 2.45) is 0 Å². The maximum absolute atomic E-state index is 12.6. The lowest BCUT2D eigenvalue weighted by molar-refractivity contribution is 0.0631. The summed E-state index contributed by atoms with van der Waals surface area (Å²) in [4.78, 5) is 38.5. The van der Waals surface area contributed by atoms with Crippen molar-refractivity contribution >= 4 is 17.7 Å². The summed E-state index contributed by atoms with van der Waals surface area (Å²) < 4.78 is 5.21. The second-order valence-corrected chi connectivity index (χ2v) is 6.20. The van der Waals surface area contributed by atoms with E-state index in [-0.39, 0.29) is 30.0 Å². The number of hydrogen-bond donors (Lipinski definition) is 1. The fourth-order valence-corrected chi connectivity index (χ4v) is 2.95. The van der Waals surface area contributed by atoms with Crippen molar-refractivity contribution in [2.75, 3.05) is 0 Å². The van der Waals surface area contributed by atoms with Gasteiger partial charge in [-0.15, -0.1) is 0 Å². The minimum absolute atomic E-state index is 0.0542. The maximum Gasteiger partial charge on any atom is 0.261 e. The fourth-order valence-electron chi connectivity index (χ4n) is 2.95. The number of carbonyl (C=O) groups is 3. The largest absolute Gasteiger partial charge is 0.467 e. The average Bonchev–Trinajstić information content (AvgIpc) is 3.18. The van der Waals surface area contributed by atoms with Crippen LogP contribution in [-0.4, -0.2) is 28.7 Å². The summed E-state index contributed by atoms with van der Waals surface area (Å²) in [5.41, 5.74) is 0.949. The van der Waals surface area contributed by atoms with Gasteiger partial charge in [0.15, 0.2) is 0 Å². The monoisotopic (exact) mass is 340 g/mol. The Morgan fingerprint density at radius 1 is 1.20 bits per heavy atom. The Bertz CT molecular complexity index is 811. The van der Waals surface area contributed by atoms with Gasteiger partial charge in [-0.3, -0.25) is 19.3 Å². The first-order valence-electron chi connectivity index (χ1n) is 8.34. The van der Waals surface area contributed by atoms with Gasteiger partial charge >= 0.3 is 0 Å². The number of carbonyl (C=O) groups excluding carboxylic acids is 3. The number of amides is 3. The summed E-state index contributed by atoms with van der Waals surface area (Å²) in [5.74, 6) is -0.496. The van der Waals surface area contributed by atoms with Gasteiger partial charge in [0, 0.05) is 11.6 Å². The molecule has 0 radical (unpaired) electrons. The summed E-state index contributed by atoms with van der Waals surface area (Å²) in [7, 11) is 0. The minimum atomic E-state index is -0.410. The predicted molar refractivity (Wildman–Crippen MR) is 91.2 cm³/mol. The van der Waals surface area contributed by atoms with Crippen LogP contribution in [0.4, 0.5) is 0 Å². The van der Waals surface area contributed by atoms with Crippen LogP contribution in [-0.2, 0) is 6.54 Å². The number of hydrogen-bond acceptors (Lipinski definition) is 4. The molecule has 6 heteroatoms. The summed E-state index contributed by atoms with van der Waals surface area (Å²) in [6.07, 6.45) is 3.35. The third kappa shape index (κ3) is 3.33. The highest BCUT2D eigenvalue weighted by atomic mass is 16.3. The fraction of sp³-hybridized carbons (Fsp3) is 0.316. The van der Waals surface area contributed by atoms with Gasteiger partial charge in [0.25, 0.3) is 17.7 Å². The standard InChI is InChI=1S/C19H20N2O4/c1-3-5-12(2)20-17(22)13-7-8-15-16(10-13)19(24)21(18(15)23)11-14-6-4-9-25-14/h4,6-10,12H,3,5,11H2,1-2H3,(H,20,22). The molecule has 0 fully saturated rings. The number of rotatable bonds is 6. The number of imide groups is 1. The first-order chi connectivity index (χ1) is 12.0. The van der Waals surface area contributed by atoms with E-state index in [2.05, 4.69) is 12.2 Å². The van der Waals surface area contributed by atoms with Gasteiger partial charge in [-0.05, 0) is 43.7 Å². The molecule has 1 unspecified atom stereocenters. The van der Waals surface area contributed by atoms with Gasteiger partial charge in [-0.2, -0.15) is 0 Å². The van der Waals surface area contributed by atoms with E-state index in [1.165, 1.54) is 18.4 Å². The van der Waals surface area contributed by atoms with Gasteiger partial charge in [-0.1, -0.05) is 13.3 Å². The Hall–Kier alpha value is -2.89. The lowest BCUT2D eigenvalue weighted by Gasteiger charge is -2.13. The topological polar surface area (TPSA) is 79.6 Å². The Balaban J connectivity index is 1.80. The molecule has 1 aromatic heterocycles. The predicted octanol–water partition coefficient (Wildman–Crippen LogP) is 2.99. The van der Waals surface area contributed by atoms with E-state index in [4.69, 9.17) is 4.42 Å². The van der Waals surface area contributed by atoms with Crippen LogP contribution in [0.5, 0.6) is 0 Å². The Labute approximate surface area is 145 Å². The van der Waals surface area contributed by atoms with Crippen molar-refractivity contribution in [3.8, 4) is 0 Å². The molecule has 0 spiro atoms. The molecule has 1 aromatic carbocycles. The van der Waals surface area contributed by atoms with Crippen molar-refractivity contribution in [3.63, 3.8) is 0 Å². The van der Waals surface area contributed by atoms with Crippen molar-refractivity contribution < 1.29 is 18.8 Å². The van der Waals surface area contributed by atoms with E-state index in [1.807, 2.05) is 6.92 Å². The molecule has 0 saturated carbocycles. The van der Waals surface area contributed by atoms with Crippen LogP contribution in [0.25, 0.3) is 0 Å². The van der Waals surface area contributed by atoms with E-state index >= 15 is 0 Å². The molecule has 2 aromatic rings. The number of nitrogens with zero attached hydrogens (tertiary/aromatic N) is 1. The van der Waals surface area contributed by atoms with Gasteiger partial charge < -0.3 is 9.73 Å². The zero-order valence-corrected chi connectivity index (χ0v) is 14.2. The lowest BCUT2D eigenvalue weighted by Crippen LogP contribution is -2.32. The van der Waals surface area contributed by atoms with Gasteiger partial charge in [-0.25, -0.2) is 0 Å². The van der Waals surface area contributed by atoms with Crippen LogP contribution >= 0.6 is 0 Å². The highest BCUT2D eigenvalue weighted by molar-refractivity contribution is 6.22. The normalized spacial score (nSPS) is 14.6. The first-order valence-corrected chi connectivity index (χ1v) is 8.34. The summed E-state index contributed by atoms with van der Waals surface area (Å²) in [5, 5.41) is 2.90. The maximum atomic E-state index is 12.6.